The number of benzene rings is 4. The van der Waals surface area contributed by atoms with E-state index in [1.807, 2.05) is 0 Å². The molecule has 0 spiro atoms. The fraction of sp³-hybridized carbons (Fsp3) is 0. The first-order valence-corrected chi connectivity index (χ1v) is 14.5. The molecule has 1 atom stereocenters. The van der Waals surface area contributed by atoms with Crippen LogP contribution in [0.5, 0.6) is 11.8 Å². The molecule has 0 saturated carbocycles. The summed E-state index contributed by atoms with van der Waals surface area (Å²) in [5.74, 6) is -3.87. The van der Waals surface area contributed by atoms with Crippen molar-refractivity contribution in [3.8, 4) is 11.8 Å². The number of phenols is 1. The molecule has 0 fully saturated rings. The van der Waals surface area contributed by atoms with Gasteiger partial charge in [0.05, 0.1) is 39.4 Å². The molecule has 22 heteroatoms. The average molecular weight is 726 g/mol. The zero-order chi connectivity index (χ0) is 33.7. The van der Waals surface area contributed by atoms with Gasteiger partial charge in [0, 0.05) is 10.3 Å². The molecular formula is C27H17N7Na2O11S2. The third-order valence-electron chi connectivity index (χ3n) is 6.13. The number of hydrogen-bond donors (Lipinski definition) is 6. The van der Waals surface area contributed by atoms with E-state index in [2.05, 4.69) is 45.2 Å². The summed E-state index contributed by atoms with van der Waals surface area (Å²) in [4.78, 5) is 34.5. The minimum absolute atomic E-state index is 0. The van der Waals surface area contributed by atoms with Crippen LogP contribution in [0.2, 0.25) is 0 Å². The molecule has 1 aromatic heterocycles. The first-order chi connectivity index (χ1) is 22.5. The van der Waals surface area contributed by atoms with Crippen LogP contribution in [0, 0.1) is 0 Å². The van der Waals surface area contributed by atoms with E-state index in [0.717, 1.165) is 6.07 Å². The number of carboxylic acids is 2. The van der Waals surface area contributed by atoms with Crippen molar-refractivity contribution in [2.75, 3.05) is 10.6 Å². The number of azo groups is 1. The van der Waals surface area contributed by atoms with Crippen molar-refractivity contribution in [1.82, 2.24) is 15.0 Å². The van der Waals surface area contributed by atoms with Crippen LogP contribution in [0.3, 0.4) is 0 Å². The Morgan fingerprint density at radius 3 is 2.08 bits per heavy atom. The summed E-state index contributed by atoms with van der Waals surface area (Å²) in [6, 6.07) is 14.1. The number of aromatic hydroxyl groups is 2. The largest absolute Gasteiger partial charge is 1.00 e. The van der Waals surface area contributed by atoms with Crippen LogP contribution in [0.1, 0.15) is 20.7 Å². The van der Waals surface area contributed by atoms with E-state index in [9.17, 15) is 44.0 Å². The Morgan fingerprint density at radius 1 is 0.837 bits per heavy atom. The third-order valence-corrected chi connectivity index (χ3v) is 7.37. The fourth-order valence-electron chi connectivity index (χ4n) is 4.21. The molecule has 0 bridgehead atoms. The summed E-state index contributed by atoms with van der Waals surface area (Å²) in [7, 11) is 0. The van der Waals surface area contributed by atoms with Crippen LogP contribution in [-0.2, 0) is 20.5 Å². The van der Waals surface area contributed by atoms with Crippen molar-refractivity contribution in [2.45, 2.75) is 9.79 Å². The van der Waals surface area contributed by atoms with E-state index in [-0.39, 0.29) is 125 Å². The standard InChI is InChI=1S/C27H19N7O11S2.2Na/c35-22-20-12(10-19(46-45-44-41)21(22)34-33-17-8-4-2-6-15(17)24(38)39)9-13(47(42)43)11-18(20)29-26-30-25(31-27(40)32-26)28-16-7-3-1-5-14(16)23(36)37;;/h1-11,35,41H,(H,36,37)(H,38,39)(H,42,43)(H3,28,29,30,31,32,40);;/q;2*+1/p-2. The van der Waals surface area contributed by atoms with Crippen LogP contribution >= 0.6 is 12.0 Å². The van der Waals surface area contributed by atoms with Crippen molar-refractivity contribution in [1.29, 1.82) is 0 Å². The van der Waals surface area contributed by atoms with Gasteiger partial charge in [-0.25, -0.2) is 9.59 Å². The topological polar surface area (TPSA) is 284 Å². The van der Waals surface area contributed by atoms with E-state index < -0.39 is 34.8 Å². The van der Waals surface area contributed by atoms with Crippen LogP contribution in [0.25, 0.3) is 10.8 Å². The number of aromatic carboxylic acids is 2. The number of aromatic nitrogens is 3. The van der Waals surface area contributed by atoms with Gasteiger partial charge in [-0.05, 0) is 58.9 Å². The maximum atomic E-state index is 12.0. The molecule has 0 aliphatic heterocycles. The molecule has 0 saturated heterocycles. The summed E-state index contributed by atoms with van der Waals surface area (Å²) in [6.45, 7) is 0. The molecule has 240 valence electrons. The van der Waals surface area contributed by atoms with Gasteiger partial charge in [-0.15, -0.1) is 10.2 Å². The number of hydrogen-bond acceptors (Lipinski definition) is 17. The van der Waals surface area contributed by atoms with Crippen molar-refractivity contribution in [3.63, 3.8) is 0 Å². The number of anilines is 4. The summed E-state index contributed by atoms with van der Waals surface area (Å²) in [5.41, 5.74) is -0.822. The molecule has 1 heterocycles. The SMILES string of the molecule is O=C(O)c1ccccc1N=Nc1c(SOO[O-])cc2cc(S(=O)[O-])cc(Nc3nc(O)nc(Nc4ccccc4C(=O)O)n3)c2c1O.[Na+].[Na+]. The second kappa shape index (κ2) is 17.8. The number of fused-ring (bicyclic) bond motifs is 1. The maximum Gasteiger partial charge on any atom is 1.00 e. The van der Waals surface area contributed by atoms with Crippen molar-refractivity contribution in [2.24, 2.45) is 10.2 Å². The zero-order valence-electron chi connectivity index (χ0n) is 25.1. The van der Waals surface area contributed by atoms with Crippen LogP contribution in [0.15, 0.2) is 86.7 Å². The van der Waals surface area contributed by atoms with Gasteiger partial charge in [0.2, 0.25) is 11.9 Å². The van der Waals surface area contributed by atoms with Crippen LogP contribution in [0.4, 0.5) is 34.6 Å². The summed E-state index contributed by atoms with van der Waals surface area (Å²) in [5, 5.41) is 67.9. The van der Waals surface area contributed by atoms with Crippen LogP contribution < -0.4 is 75.0 Å². The molecule has 0 aliphatic carbocycles. The average Bonchev–Trinajstić information content (AvgIpc) is 3.03. The van der Waals surface area contributed by atoms with E-state index >= 15 is 0 Å². The number of para-hydroxylation sites is 1. The van der Waals surface area contributed by atoms with Gasteiger partial charge in [-0.2, -0.15) is 19.3 Å². The van der Waals surface area contributed by atoms with Crippen molar-refractivity contribution >= 4 is 80.5 Å². The Hall–Kier alpha value is -3.77. The molecule has 6 N–H and O–H groups in total. The Bertz CT molecular complexity index is 2090. The number of carboxylic acid groups (broad SMARTS) is 2. The minimum atomic E-state index is -2.81. The van der Waals surface area contributed by atoms with Gasteiger partial charge in [-0.1, -0.05) is 24.3 Å². The van der Waals surface area contributed by atoms with Crippen molar-refractivity contribution < 1.29 is 113 Å². The van der Waals surface area contributed by atoms with Crippen molar-refractivity contribution in [3.05, 3.63) is 77.9 Å². The monoisotopic (exact) mass is 725 g/mol. The third kappa shape index (κ3) is 9.48. The molecule has 0 radical (unpaired) electrons. The zero-order valence-corrected chi connectivity index (χ0v) is 30.7. The number of nitrogens with one attached hydrogen (secondary N) is 2. The first kappa shape index (κ1) is 39.7. The molecule has 18 nitrogen and oxygen atoms in total. The minimum Gasteiger partial charge on any atom is -0.768 e. The Kier molecular flexibility index (Phi) is 14.4. The maximum absolute atomic E-state index is 12.0. The van der Waals surface area contributed by atoms with Gasteiger partial charge >= 0.3 is 77.1 Å². The molecule has 1 unspecified atom stereocenters. The van der Waals surface area contributed by atoms with Gasteiger partial charge in [0.1, 0.15) is 11.4 Å². The Labute approximate surface area is 325 Å². The molecule has 4 aromatic carbocycles. The Balaban J connectivity index is 0.00000325. The molecule has 5 aromatic rings. The number of rotatable bonds is 12. The van der Waals surface area contributed by atoms with E-state index in [4.69, 9.17) is 0 Å². The normalized spacial score (nSPS) is 11.4. The molecule has 0 aliphatic rings. The van der Waals surface area contributed by atoms with Gasteiger partial charge in [-0.3, -0.25) is 9.25 Å². The number of nitrogens with zero attached hydrogens (tertiary/aromatic N) is 5. The predicted octanol–water partition coefficient (Wildman–Crippen LogP) is -1.79. The second-order valence-electron chi connectivity index (χ2n) is 9.00. The van der Waals surface area contributed by atoms with Gasteiger partial charge in [0.15, 0.2) is 5.75 Å². The van der Waals surface area contributed by atoms with Gasteiger partial charge < -0.3 is 40.9 Å². The van der Waals surface area contributed by atoms with Crippen LogP contribution in [-0.4, -0.2) is 56.1 Å². The Morgan fingerprint density at radius 2 is 1.45 bits per heavy atom. The molecule has 5 rings (SSSR count). The fourth-order valence-corrected chi connectivity index (χ4v) is 5.14. The van der Waals surface area contributed by atoms with E-state index in [1.165, 1.54) is 54.6 Å². The summed E-state index contributed by atoms with van der Waals surface area (Å²) < 4.78 is 28.4. The van der Waals surface area contributed by atoms with E-state index in [0.29, 0.717) is 12.0 Å². The first-order valence-electron chi connectivity index (χ1n) is 12.7. The van der Waals surface area contributed by atoms with E-state index in [1.54, 1.807) is 6.07 Å². The summed E-state index contributed by atoms with van der Waals surface area (Å²) in [6.07, 6.45) is 0. The molecular weight excluding hydrogens is 708 g/mol. The number of carbonyl (C=O) groups is 2. The molecule has 49 heavy (non-hydrogen) atoms. The smallest absolute Gasteiger partial charge is 0.768 e. The summed E-state index contributed by atoms with van der Waals surface area (Å²) >= 11 is -2.51. The van der Waals surface area contributed by atoms with Gasteiger partial charge in [0.25, 0.3) is 0 Å². The number of phenolic OH excluding ortho intramolecular Hbond substituents is 1. The molecule has 0 amide bonds. The predicted molar refractivity (Wildman–Crippen MR) is 160 cm³/mol. The second-order valence-corrected chi connectivity index (χ2v) is 10.7. The quantitative estimate of drug-likeness (QED) is 0.0207.